The molecule has 0 aliphatic rings. The van der Waals surface area contributed by atoms with Crippen LogP contribution in [-0.4, -0.2) is 19.3 Å². The number of ether oxygens (including phenoxy) is 2. The molecule has 1 N–H and O–H groups in total. The molecule has 0 spiro atoms. The largest absolute Gasteiger partial charge is 0.508 e. The summed E-state index contributed by atoms with van der Waals surface area (Å²) in [6.07, 6.45) is -4.53. The molecule has 0 aromatic heterocycles. The summed E-state index contributed by atoms with van der Waals surface area (Å²) in [5.74, 6) is 0.0153. The van der Waals surface area contributed by atoms with Gasteiger partial charge in [0.1, 0.15) is 17.2 Å². The zero-order valence-corrected chi connectivity index (χ0v) is 11.4. The van der Waals surface area contributed by atoms with Crippen molar-refractivity contribution < 1.29 is 27.8 Å². The van der Waals surface area contributed by atoms with E-state index >= 15 is 0 Å². The predicted molar refractivity (Wildman–Crippen MR) is 71.6 cm³/mol. The molecule has 2 rings (SSSR count). The Bertz CT molecular complexity index is 651. The minimum atomic E-state index is -4.53. The topological polar surface area (TPSA) is 38.7 Å². The number of benzene rings is 2. The van der Waals surface area contributed by atoms with E-state index in [2.05, 4.69) is 0 Å². The lowest BCUT2D eigenvalue weighted by Crippen LogP contribution is -2.07. The Labute approximate surface area is 119 Å². The Hall–Kier alpha value is -2.37. The maximum absolute atomic E-state index is 13.0. The maximum atomic E-state index is 13.0. The van der Waals surface area contributed by atoms with Gasteiger partial charge in [-0.2, -0.15) is 13.2 Å². The van der Waals surface area contributed by atoms with E-state index in [-0.39, 0.29) is 11.5 Å². The van der Waals surface area contributed by atoms with Crippen LogP contribution in [0.2, 0.25) is 0 Å². The molecule has 0 radical (unpaired) electrons. The van der Waals surface area contributed by atoms with Crippen LogP contribution < -0.4 is 9.47 Å². The zero-order chi connectivity index (χ0) is 15.6. The number of halogens is 3. The van der Waals surface area contributed by atoms with Crippen molar-refractivity contribution in [2.75, 3.05) is 14.2 Å². The van der Waals surface area contributed by atoms with Crippen LogP contribution in [0.3, 0.4) is 0 Å². The number of methoxy groups -OCH3 is 2. The number of phenolic OH excluding ortho intramolecular Hbond substituents is 1. The summed E-state index contributed by atoms with van der Waals surface area (Å²) < 4.78 is 48.7. The molecule has 0 atom stereocenters. The van der Waals surface area contributed by atoms with Gasteiger partial charge in [0.05, 0.1) is 19.8 Å². The van der Waals surface area contributed by atoms with E-state index in [1.54, 1.807) is 6.07 Å². The fourth-order valence-corrected chi connectivity index (χ4v) is 1.98. The highest BCUT2D eigenvalue weighted by atomic mass is 19.4. The lowest BCUT2D eigenvalue weighted by Gasteiger charge is -2.14. The van der Waals surface area contributed by atoms with Crippen molar-refractivity contribution in [1.82, 2.24) is 0 Å². The highest BCUT2D eigenvalue weighted by molar-refractivity contribution is 5.69. The summed E-state index contributed by atoms with van der Waals surface area (Å²) in [4.78, 5) is 0. The minimum absolute atomic E-state index is 0.0891. The first kappa shape index (κ1) is 15.0. The molecule has 0 saturated carbocycles. The highest BCUT2D eigenvalue weighted by Gasteiger charge is 2.34. The van der Waals surface area contributed by atoms with Gasteiger partial charge >= 0.3 is 6.18 Å². The normalized spacial score (nSPS) is 11.3. The molecule has 0 bridgehead atoms. The van der Waals surface area contributed by atoms with Gasteiger partial charge in [-0.1, -0.05) is 6.07 Å². The van der Waals surface area contributed by atoms with Crippen LogP contribution in [0.1, 0.15) is 5.56 Å². The quantitative estimate of drug-likeness (QED) is 0.927. The smallest absolute Gasteiger partial charge is 0.419 e. The summed E-state index contributed by atoms with van der Waals surface area (Å²) in [5, 5.41) is 9.59. The van der Waals surface area contributed by atoms with Crippen LogP contribution in [0.4, 0.5) is 13.2 Å². The monoisotopic (exact) mass is 298 g/mol. The number of hydrogen-bond acceptors (Lipinski definition) is 3. The zero-order valence-electron chi connectivity index (χ0n) is 11.4. The minimum Gasteiger partial charge on any atom is -0.508 e. The lowest BCUT2D eigenvalue weighted by molar-refractivity contribution is -0.138. The second kappa shape index (κ2) is 5.55. The SMILES string of the molecule is COc1cc(O)cc(-c2ccc(OC)c(C(F)(F)F)c2)c1. The predicted octanol–water partition coefficient (Wildman–Crippen LogP) is 4.10. The Morgan fingerprint density at radius 2 is 1.62 bits per heavy atom. The fourth-order valence-electron chi connectivity index (χ4n) is 1.98. The molecular formula is C15H13F3O3. The second-order valence-electron chi connectivity index (χ2n) is 4.33. The van der Waals surface area contributed by atoms with E-state index in [1.807, 2.05) is 0 Å². The maximum Gasteiger partial charge on any atom is 0.419 e. The van der Waals surface area contributed by atoms with Gasteiger partial charge in [0.2, 0.25) is 0 Å². The lowest BCUT2D eigenvalue weighted by atomic mass is 10.0. The van der Waals surface area contributed by atoms with Gasteiger partial charge in [-0.05, 0) is 35.4 Å². The standard InChI is InChI=1S/C15H13F3O3/c1-20-12-6-10(5-11(19)8-12)9-3-4-14(21-2)13(7-9)15(16,17)18/h3-8,19H,1-2H3. The van der Waals surface area contributed by atoms with Gasteiger partial charge in [0.15, 0.2) is 0 Å². The van der Waals surface area contributed by atoms with Crippen LogP contribution in [-0.2, 0) is 6.18 Å². The Balaban J connectivity index is 2.57. The first-order valence-corrected chi connectivity index (χ1v) is 5.99. The average molecular weight is 298 g/mol. The van der Waals surface area contributed by atoms with E-state index in [4.69, 9.17) is 9.47 Å². The summed E-state index contributed by atoms with van der Waals surface area (Å²) in [5.41, 5.74) is -0.151. The molecule has 0 unspecified atom stereocenters. The molecule has 0 amide bonds. The summed E-state index contributed by atoms with van der Waals surface area (Å²) in [6.45, 7) is 0. The van der Waals surface area contributed by atoms with Crippen LogP contribution in [0, 0.1) is 0 Å². The van der Waals surface area contributed by atoms with E-state index in [0.717, 1.165) is 6.07 Å². The van der Waals surface area contributed by atoms with Crippen molar-refractivity contribution in [1.29, 1.82) is 0 Å². The Morgan fingerprint density at radius 3 is 2.19 bits per heavy atom. The van der Waals surface area contributed by atoms with E-state index in [9.17, 15) is 18.3 Å². The molecule has 3 nitrogen and oxygen atoms in total. The van der Waals surface area contributed by atoms with E-state index in [0.29, 0.717) is 16.9 Å². The first-order chi connectivity index (χ1) is 9.85. The van der Waals surface area contributed by atoms with Crippen LogP contribution in [0.25, 0.3) is 11.1 Å². The molecule has 0 heterocycles. The third-order valence-corrected chi connectivity index (χ3v) is 2.97. The van der Waals surface area contributed by atoms with Crippen molar-refractivity contribution in [2.24, 2.45) is 0 Å². The van der Waals surface area contributed by atoms with Crippen molar-refractivity contribution in [3.63, 3.8) is 0 Å². The molecule has 2 aromatic rings. The molecule has 21 heavy (non-hydrogen) atoms. The second-order valence-corrected chi connectivity index (χ2v) is 4.33. The molecule has 0 fully saturated rings. The summed E-state index contributed by atoms with van der Waals surface area (Å²) >= 11 is 0. The van der Waals surface area contributed by atoms with Crippen LogP contribution in [0.15, 0.2) is 36.4 Å². The van der Waals surface area contributed by atoms with Crippen LogP contribution in [0.5, 0.6) is 17.2 Å². The third-order valence-electron chi connectivity index (χ3n) is 2.97. The van der Waals surface area contributed by atoms with E-state index in [1.165, 1.54) is 38.5 Å². The van der Waals surface area contributed by atoms with Gasteiger partial charge in [-0.15, -0.1) is 0 Å². The van der Waals surface area contributed by atoms with Gasteiger partial charge in [0, 0.05) is 6.07 Å². The fraction of sp³-hybridized carbons (Fsp3) is 0.200. The molecule has 6 heteroatoms. The number of rotatable bonds is 3. The number of aromatic hydroxyl groups is 1. The number of phenols is 1. The van der Waals surface area contributed by atoms with Crippen molar-refractivity contribution in [3.8, 4) is 28.4 Å². The van der Waals surface area contributed by atoms with Crippen molar-refractivity contribution in [3.05, 3.63) is 42.0 Å². The highest BCUT2D eigenvalue weighted by Crippen LogP contribution is 2.39. The summed E-state index contributed by atoms with van der Waals surface area (Å²) in [7, 11) is 2.59. The van der Waals surface area contributed by atoms with Gasteiger partial charge in [-0.25, -0.2) is 0 Å². The number of alkyl halides is 3. The third kappa shape index (κ3) is 3.21. The molecule has 0 aliphatic heterocycles. The van der Waals surface area contributed by atoms with Crippen molar-refractivity contribution >= 4 is 0 Å². The van der Waals surface area contributed by atoms with E-state index < -0.39 is 11.7 Å². The van der Waals surface area contributed by atoms with Crippen molar-refractivity contribution in [2.45, 2.75) is 6.18 Å². The Kier molecular flexibility index (Phi) is 3.97. The molecule has 2 aromatic carbocycles. The molecular weight excluding hydrogens is 285 g/mol. The molecule has 0 saturated heterocycles. The number of hydrogen-bond donors (Lipinski definition) is 1. The van der Waals surface area contributed by atoms with Gasteiger partial charge in [0.25, 0.3) is 0 Å². The Morgan fingerprint density at radius 1 is 0.905 bits per heavy atom. The van der Waals surface area contributed by atoms with Gasteiger partial charge in [-0.3, -0.25) is 0 Å². The summed E-state index contributed by atoms with van der Waals surface area (Å²) in [6, 6.07) is 7.99. The average Bonchev–Trinajstić information content (AvgIpc) is 2.45. The molecule has 0 aliphatic carbocycles. The van der Waals surface area contributed by atoms with Gasteiger partial charge < -0.3 is 14.6 Å². The molecule has 112 valence electrons. The van der Waals surface area contributed by atoms with Crippen LogP contribution >= 0.6 is 0 Å². The first-order valence-electron chi connectivity index (χ1n) is 5.99.